The molecule has 0 aliphatic heterocycles. The molecular weight excluding hydrogens is 346 g/mol. The molecule has 3 aromatic rings. The van der Waals surface area contributed by atoms with E-state index < -0.39 is 23.6 Å². The van der Waals surface area contributed by atoms with Gasteiger partial charge in [0.1, 0.15) is 17.7 Å². The van der Waals surface area contributed by atoms with Gasteiger partial charge in [-0.05, 0) is 31.2 Å². The second-order valence-electron chi connectivity index (χ2n) is 5.25. The van der Waals surface area contributed by atoms with Gasteiger partial charge in [-0.25, -0.2) is 19.2 Å². The van der Waals surface area contributed by atoms with Gasteiger partial charge < -0.3 is 5.32 Å². The zero-order valence-corrected chi connectivity index (χ0v) is 14.0. The van der Waals surface area contributed by atoms with Crippen LogP contribution in [-0.4, -0.2) is 23.1 Å². The first-order chi connectivity index (χ1) is 12.0. The summed E-state index contributed by atoms with van der Waals surface area (Å²) in [7, 11) is 0. The average Bonchev–Trinajstić information content (AvgIpc) is 2.98. The van der Waals surface area contributed by atoms with Crippen molar-refractivity contribution in [2.75, 3.05) is 5.32 Å². The third-order valence-corrected chi connectivity index (χ3v) is 4.34. The predicted molar refractivity (Wildman–Crippen MR) is 94.8 cm³/mol. The van der Waals surface area contributed by atoms with Crippen LogP contribution in [0.3, 0.4) is 0 Å². The summed E-state index contributed by atoms with van der Waals surface area (Å²) >= 11 is 1.44. The first kappa shape index (κ1) is 17.0. The van der Waals surface area contributed by atoms with E-state index in [4.69, 9.17) is 0 Å². The van der Waals surface area contributed by atoms with Gasteiger partial charge >= 0.3 is 0 Å². The summed E-state index contributed by atoms with van der Waals surface area (Å²) < 4.78 is 27.3. The number of benzene rings is 2. The zero-order chi connectivity index (χ0) is 17.8. The number of halogens is 2. The summed E-state index contributed by atoms with van der Waals surface area (Å²) in [6.45, 7) is 1.66. The van der Waals surface area contributed by atoms with Crippen molar-refractivity contribution in [3.8, 4) is 0 Å². The summed E-state index contributed by atoms with van der Waals surface area (Å²) in [5.74, 6) is -1.83. The molecule has 0 spiro atoms. The van der Waals surface area contributed by atoms with E-state index in [1.807, 2.05) is 24.3 Å². The fraction of sp³-hybridized carbons (Fsp3) is 0.118. The molecule has 2 N–H and O–H groups in total. The van der Waals surface area contributed by atoms with Crippen molar-refractivity contribution in [1.29, 1.82) is 0 Å². The number of nitrogens with one attached hydrogen (secondary N) is 2. The largest absolute Gasteiger partial charge is 0.350 e. The minimum atomic E-state index is -0.751. The van der Waals surface area contributed by atoms with Crippen LogP contribution < -0.4 is 10.7 Å². The number of hydrogen-bond acceptors (Lipinski definition) is 5. The van der Waals surface area contributed by atoms with Crippen molar-refractivity contribution in [3.05, 3.63) is 59.7 Å². The van der Waals surface area contributed by atoms with E-state index >= 15 is 0 Å². The molecule has 128 valence electrons. The predicted octanol–water partition coefficient (Wildman–Crippen LogP) is 3.53. The van der Waals surface area contributed by atoms with Crippen molar-refractivity contribution in [2.45, 2.75) is 13.0 Å². The third kappa shape index (κ3) is 4.16. The fourth-order valence-electron chi connectivity index (χ4n) is 2.05. The second kappa shape index (κ2) is 7.35. The van der Waals surface area contributed by atoms with Gasteiger partial charge in [0.15, 0.2) is 5.13 Å². The summed E-state index contributed by atoms with van der Waals surface area (Å²) in [4.78, 5) is 16.4. The number of thiazole rings is 1. The minimum absolute atomic E-state index is 0.0773. The summed E-state index contributed by atoms with van der Waals surface area (Å²) in [5, 5.41) is 7.31. The molecule has 25 heavy (non-hydrogen) atoms. The monoisotopic (exact) mass is 360 g/mol. The number of para-hydroxylation sites is 1. The van der Waals surface area contributed by atoms with Crippen LogP contribution in [0.5, 0.6) is 0 Å². The topological polar surface area (TPSA) is 66.4 Å². The maximum Gasteiger partial charge on any atom is 0.262 e. The second-order valence-corrected chi connectivity index (χ2v) is 6.28. The number of anilines is 1. The number of aromatic nitrogens is 1. The normalized spacial score (nSPS) is 12.4. The maximum absolute atomic E-state index is 13.5. The van der Waals surface area contributed by atoms with Crippen LogP contribution >= 0.6 is 11.3 Å². The number of hydrogen-bond donors (Lipinski definition) is 2. The van der Waals surface area contributed by atoms with Crippen LogP contribution in [0.15, 0.2) is 47.6 Å². The molecule has 0 bridgehead atoms. The number of carbonyl (C=O) groups is 1. The quantitative estimate of drug-likeness (QED) is 0.540. The molecule has 1 atom stereocenters. The molecule has 8 heteroatoms. The lowest BCUT2D eigenvalue weighted by Gasteiger charge is -2.10. The Labute approximate surface area is 146 Å². The minimum Gasteiger partial charge on any atom is -0.350 e. The van der Waals surface area contributed by atoms with Crippen molar-refractivity contribution >= 4 is 38.8 Å². The molecule has 1 aromatic heterocycles. The molecule has 0 fully saturated rings. The van der Waals surface area contributed by atoms with Crippen LogP contribution in [0.4, 0.5) is 13.9 Å². The molecule has 3 rings (SSSR count). The maximum atomic E-state index is 13.5. The summed E-state index contributed by atoms with van der Waals surface area (Å²) in [5.41, 5.74) is 3.24. The Kier molecular flexibility index (Phi) is 4.99. The molecule has 0 saturated carbocycles. The number of carbonyl (C=O) groups excluding carboxylic acids is 1. The smallest absolute Gasteiger partial charge is 0.262 e. The van der Waals surface area contributed by atoms with Gasteiger partial charge in [-0.15, -0.1) is 0 Å². The number of hydrazone groups is 1. The molecule has 1 heterocycles. The third-order valence-electron chi connectivity index (χ3n) is 3.37. The lowest BCUT2D eigenvalue weighted by atomic mass is 10.2. The molecular formula is C17H14F2N4OS. The fourth-order valence-corrected chi connectivity index (χ4v) is 3.01. The first-order valence-corrected chi connectivity index (χ1v) is 8.24. The Hall–Kier alpha value is -2.87. The number of fused-ring (bicyclic) bond motifs is 1. The van der Waals surface area contributed by atoms with Crippen LogP contribution in [0.2, 0.25) is 0 Å². The van der Waals surface area contributed by atoms with Gasteiger partial charge in [0.25, 0.3) is 5.91 Å². The standard InChI is InChI=1S/C17H14F2N4OS/c1-10(21-17-22-14-4-2-3-5-15(14)25-17)16(24)23-20-9-11-6-7-12(18)8-13(11)19/h2-10H,1H3,(H,21,22)(H,23,24)/b20-9-/t10-/m0/s1. The lowest BCUT2D eigenvalue weighted by molar-refractivity contribution is -0.121. The van der Waals surface area contributed by atoms with E-state index in [0.29, 0.717) is 5.13 Å². The lowest BCUT2D eigenvalue weighted by Crippen LogP contribution is -2.34. The van der Waals surface area contributed by atoms with Crippen molar-refractivity contribution in [1.82, 2.24) is 10.4 Å². The molecule has 0 saturated heterocycles. The van der Waals surface area contributed by atoms with Gasteiger partial charge in [-0.1, -0.05) is 23.5 Å². The van der Waals surface area contributed by atoms with Crippen LogP contribution in [0.25, 0.3) is 10.2 Å². The van der Waals surface area contributed by atoms with Crippen molar-refractivity contribution < 1.29 is 13.6 Å². The van der Waals surface area contributed by atoms with E-state index in [0.717, 1.165) is 28.6 Å². The van der Waals surface area contributed by atoms with E-state index in [2.05, 4.69) is 20.8 Å². The summed E-state index contributed by atoms with van der Waals surface area (Å²) in [6.07, 6.45) is 1.12. The number of amides is 1. The Morgan fingerprint density at radius 3 is 2.84 bits per heavy atom. The number of nitrogens with zero attached hydrogens (tertiary/aromatic N) is 2. The molecule has 2 aromatic carbocycles. The highest BCUT2D eigenvalue weighted by Gasteiger charge is 2.14. The van der Waals surface area contributed by atoms with E-state index in [9.17, 15) is 13.6 Å². The Bertz CT molecular complexity index is 908. The highest BCUT2D eigenvalue weighted by molar-refractivity contribution is 7.22. The van der Waals surface area contributed by atoms with Crippen molar-refractivity contribution in [2.24, 2.45) is 5.10 Å². The average molecular weight is 360 g/mol. The van der Waals surface area contributed by atoms with Crippen LogP contribution in [0, 0.1) is 11.6 Å². The molecule has 5 nitrogen and oxygen atoms in total. The van der Waals surface area contributed by atoms with Gasteiger partial charge in [0, 0.05) is 11.6 Å². The highest BCUT2D eigenvalue weighted by atomic mass is 32.1. The molecule has 0 unspecified atom stereocenters. The molecule has 0 aliphatic rings. The highest BCUT2D eigenvalue weighted by Crippen LogP contribution is 2.25. The van der Waals surface area contributed by atoms with E-state index in [1.165, 1.54) is 17.4 Å². The zero-order valence-electron chi connectivity index (χ0n) is 13.2. The Balaban J connectivity index is 1.59. The number of rotatable bonds is 5. The van der Waals surface area contributed by atoms with Gasteiger partial charge in [0.2, 0.25) is 0 Å². The van der Waals surface area contributed by atoms with Gasteiger partial charge in [-0.3, -0.25) is 4.79 Å². The SMILES string of the molecule is C[C@H](Nc1nc2ccccc2s1)C(=O)N/N=C\c1ccc(F)cc1F. The molecule has 0 radical (unpaired) electrons. The van der Waals surface area contributed by atoms with Gasteiger partial charge in [0.05, 0.1) is 16.4 Å². The summed E-state index contributed by atoms with van der Waals surface area (Å²) in [6, 6.07) is 10.2. The van der Waals surface area contributed by atoms with E-state index in [-0.39, 0.29) is 5.56 Å². The van der Waals surface area contributed by atoms with Crippen molar-refractivity contribution in [3.63, 3.8) is 0 Å². The van der Waals surface area contributed by atoms with E-state index in [1.54, 1.807) is 6.92 Å². The Morgan fingerprint density at radius 1 is 1.28 bits per heavy atom. The van der Waals surface area contributed by atoms with Crippen LogP contribution in [0.1, 0.15) is 12.5 Å². The Morgan fingerprint density at radius 2 is 2.08 bits per heavy atom. The first-order valence-electron chi connectivity index (χ1n) is 7.43. The van der Waals surface area contributed by atoms with Crippen LogP contribution in [-0.2, 0) is 4.79 Å². The van der Waals surface area contributed by atoms with Gasteiger partial charge in [-0.2, -0.15) is 5.10 Å². The molecule has 0 aliphatic carbocycles. The molecule has 1 amide bonds.